The van der Waals surface area contributed by atoms with Gasteiger partial charge in [0.25, 0.3) is 11.8 Å². The first-order valence-electron chi connectivity index (χ1n) is 10.7. The van der Waals surface area contributed by atoms with E-state index in [1.165, 1.54) is 11.8 Å². The van der Waals surface area contributed by atoms with Gasteiger partial charge in [0.15, 0.2) is 16.7 Å². The number of ether oxygens (including phenoxy) is 2. The van der Waals surface area contributed by atoms with E-state index in [0.717, 1.165) is 31.1 Å². The van der Waals surface area contributed by atoms with Crippen molar-refractivity contribution in [1.29, 1.82) is 0 Å². The number of amidine groups is 1. The molecule has 0 aliphatic carbocycles. The molecule has 3 amide bonds. The van der Waals surface area contributed by atoms with Crippen molar-refractivity contribution in [2.75, 3.05) is 30.5 Å². The third kappa shape index (κ3) is 4.80. The van der Waals surface area contributed by atoms with Crippen molar-refractivity contribution in [1.82, 2.24) is 4.90 Å². The van der Waals surface area contributed by atoms with E-state index in [2.05, 4.69) is 20.5 Å². The summed E-state index contributed by atoms with van der Waals surface area (Å²) in [4.78, 5) is 43.4. The minimum absolute atomic E-state index is 0.0523. The van der Waals surface area contributed by atoms with Crippen LogP contribution in [0.15, 0.2) is 47.5 Å². The van der Waals surface area contributed by atoms with Crippen LogP contribution in [0.4, 0.5) is 11.4 Å². The zero-order valence-electron chi connectivity index (χ0n) is 17.7. The molecule has 3 aliphatic heterocycles. The summed E-state index contributed by atoms with van der Waals surface area (Å²) in [6.07, 6.45) is 2.25. The molecule has 1 unspecified atom stereocenters. The monoisotopic (exact) mass is 466 g/mol. The maximum Gasteiger partial charge on any atom is 0.262 e. The van der Waals surface area contributed by atoms with Gasteiger partial charge in [-0.25, -0.2) is 0 Å². The molecule has 2 aromatic rings. The van der Waals surface area contributed by atoms with Gasteiger partial charge in [-0.2, -0.15) is 4.99 Å². The number of anilines is 2. The Hall–Kier alpha value is -3.53. The molecular formula is C23H22N4O5S. The number of nitrogens with one attached hydrogen (secondary N) is 2. The Balaban J connectivity index is 1.13. The number of fused-ring (bicyclic) bond motifs is 1. The minimum atomic E-state index is -0.493. The fraction of sp³-hybridized carbons (Fsp3) is 0.304. The zero-order chi connectivity index (χ0) is 22.8. The summed E-state index contributed by atoms with van der Waals surface area (Å²) in [6, 6.07) is 11.7. The molecular weight excluding hydrogens is 444 g/mol. The van der Waals surface area contributed by atoms with E-state index in [-0.39, 0.29) is 30.9 Å². The smallest absolute Gasteiger partial charge is 0.262 e. The molecule has 0 spiro atoms. The highest BCUT2D eigenvalue weighted by molar-refractivity contribution is 8.15. The molecule has 170 valence electrons. The van der Waals surface area contributed by atoms with Gasteiger partial charge in [-0.15, -0.1) is 0 Å². The summed E-state index contributed by atoms with van der Waals surface area (Å²) >= 11 is 1.37. The minimum Gasteiger partial charge on any atom is -0.454 e. The lowest BCUT2D eigenvalue weighted by Gasteiger charge is -2.16. The van der Waals surface area contributed by atoms with E-state index in [1.54, 1.807) is 42.5 Å². The summed E-state index contributed by atoms with van der Waals surface area (Å²) in [6.45, 7) is 1.99. The predicted molar refractivity (Wildman–Crippen MR) is 125 cm³/mol. The van der Waals surface area contributed by atoms with Crippen LogP contribution in [0.1, 0.15) is 29.6 Å². The summed E-state index contributed by atoms with van der Waals surface area (Å²) in [5, 5.41) is 5.83. The topological polar surface area (TPSA) is 109 Å². The number of benzene rings is 2. The fourth-order valence-electron chi connectivity index (χ4n) is 3.82. The lowest BCUT2D eigenvalue weighted by molar-refractivity contribution is -0.121. The van der Waals surface area contributed by atoms with E-state index in [0.29, 0.717) is 28.4 Å². The van der Waals surface area contributed by atoms with Crippen LogP contribution in [0, 0.1) is 0 Å². The fourth-order valence-corrected chi connectivity index (χ4v) is 4.93. The number of thioether (sulfide) groups is 1. The SMILES string of the molecule is O=C(CC1SC(N2CCCC2)=NC1=O)Nc1ccc(C(=O)Nc2ccc3c(c2)OCO3)cc1. The van der Waals surface area contributed by atoms with Gasteiger partial charge < -0.3 is 25.0 Å². The quantitative estimate of drug-likeness (QED) is 0.697. The van der Waals surface area contributed by atoms with Crippen LogP contribution >= 0.6 is 11.8 Å². The number of carbonyl (C=O) groups is 3. The van der Waals surface area contributed by atoms with Crippen LogP contribution in [0.3, 0.4) is 0 Å². The third-order valence-corrected chi connectivity index (χ3v) is 6.75. The second-order valence-electron chi connectivity index (χ2n) is 7.89. The van der Waals surface area contributed by atoms with Crippen molar-refractivity contribution in [2.24, 2.45) is 4.99 Å². The number of nitrogens with zero attached hydrogens (tertiary/aromatic N) is 2. The summed E-state index contributed by atoms with van der Waals surface area (Å²) in [7, 11) is 0. The summed E-state index contributed by atoms with van der Waals surface area (Å²) in [5.41, 5.74) is 1.59. The van der Waals surface area contributed by atoms with Gasteiger partial charge in [0.05, 0.1) is 0 Å². The van der Waals surface area contributed by atoms with E-state index in [1.807, 2.05) is 0 Å². The molecule has 2 aromatic carbocycles. The van der Waals surface area contributed by atoms with Gasteiger partial charge in [0, 0.05) is 42.5 Å². The lowest BCUT2D eigenvalue weighted by atomic mass is 10.1. The first-order valence-corrected chi connectivity index (χ1v) is 11.6. The number of amides is 3. The van der Waals surface area contributed by atoms with Crippen LogP contribution in [0.2, 0.25) is 0 Å². The van der Waals surface area contributed by atoms with Crippen molar-refractivity contribution >= 4 is 46.0 Å². The maximum atomic E-state index is 12.5. The Morgan fingerprint density at radius 2 is 1.73 bits per heavy atom. The lowest BCUT2D eigenvalue weighted by Crippen LogP contribution is -2.25. The predicted octanol–water partition coefficient (Wildman–Crippen LogP) is 3.09. The first-order chi connectivity index (χ1) is 16.0. The molecule has 1 atom stereocenters. The molecule has 1 fully saturated rings. The number of hydrogen-bond acceptors (Lipinski definition) is 7. The molecule has 3 aliphatic rings. The molecule has 33 heavy (non-hydrogen) atoms. The van der Waals surface area contributed by atoms with Crippen molar-refractivity contribution < 1.29 is 23.9 Å². The highest BCUT2D eigenvalue weighted by atomic mass is 32.2. The van der Waals surface area contributed by atoms with Gasteiger partial charge >= 0.3 is 0 Å². The Kier molecular flexibility index (Phi) is 5.91. The standard InChI is InChI=1S/C23H22N4O5S/c28-20(12-19-22(30)26-23(33-19)27-9-1-2-10-27)24-15-5-3-14(4-6-15)21(29)25-16-7-8-17-18(11-16)32-13-31-17/h3-8,11,19H,1-2,9-10,12-13H2,(H,24,28)(H,25,29). The summed E-state index contributed by atoms with van der Waals surface area (Å²) in [5.74, 6) is 0.419. The Labute approximate surface area is 194 Å². The van der Waals surface area contributed by atoms with Crippen molar-refractivity contribution in [3.63, 3.8) is 0 Å². The average Bonchev–Trinajstić information content (AvgIpc) is 3.55. The van der Waals surface area contributed by atoms with Crippen LogP contribution < -0.4 is 20.1 Å². The Morgan fingerprint density at radius 3 is 2.52 bits per heavy atom. The number of likely N-dealkylation sites (tertiary alicyclic amines) is 1. The van der Waals surface area contributed by atoms with Crippen LogP contribution in [0.25, 0.3) is 0 Å². The van der Waals surface area contributed by atoms with E-state index in [9.17, 15) is 14.4 Å². The molecule has 0 aromatic heterocycles. The van der Waals surface area contributed by atoms with Gasteiger partial charge in [0.2, 0.25) is 12.7 Å². The zero-order valence-corrected chi connectivity index (χ0v) is 18.5. The van der Waals surface area contributed by atoms with Crippen LogP contribution in [-0.2, 0) is 9.59 Å². The first kappa shape index (κ1) is 21.3. The van der Waals surface area contributed by atoms with Gasteiger partial charge in [-0.3, -0.25) is 14.4 Å². The van der Waals surface area contributed by atoms with Gasteiger partial charge in [-0.05, 0) is 49.2 Å². The van der Waals surface area contributed by atoms with Crippen molar-refractivity contribution in [3.8, 4) is 11.5 Å². The Morgan fingerprint density at radius 1 is 1.00 bits per heavy atom. The maximum absolute atomic E-state index is 12.5. The van der Waals surface area contributed by atoms with E-state index >= 15 is 0 Å². The van der Waals surface area contributed by atoms with Gasteiger partial charge in [-0.1, -0.05) is 11.8 Å². The molecule has 1 saturated heterocycles. The molecule has 0 bridgehead atoms. The molecule has 5 rings (SSSR count). The number of rotatable bonds is 5. The molecule has 10 heteroatoms. The second kappa shape index (κ2) is 9.14. The third-order valence-electron chi connectivity index (χ3n) is 5.54. The summed E-state index contributed by atoms with van der Waals surface area (Å²) < 4.78 is 10.6. The molecule has 0 radical (unpaired) electrons. The van der Waals surface area contributed by atoms with Crippen molar-refractivity contribution in [3.05, 3.63) is 48.0 Å². The number of hydrogen-bond donors (Lipinski definition) is 2. The molecule has 3 heterocycles. The molecule has 2 N–H and O–H groups in total. The highest BCUT2D eigenvalue weighted by Gasteiger charge is 2.33. The van der Waals surface area contributed by atoms with E-state index < -0.39 is 5.25 Å². The molecule has 0 saturated carbocycles. The normalized spacial score (nSPS) is 18.9. The highest BCUT2D eigenvalue weighted by Crippen LogP contribution is 2.34. The Bertz CT molecular complexity index is 1130. The second-order valence-corrected chi connectivity index (χ2v) is 9.05. The van der Waals surface area contributed by atoms with E-state index in [4.69, 9.17) is 9.47 Å². The number of carbonyl (C=O) groups excluding carboxylic acids is 3. The van der Waals surface area contributed by atoms with Crippen molar-refractivity contribution in [2.45, 2.75) is 24.5 Å². The molecule has 9 nitrogen and oxygen atoms in total. The average molecular weight is 467 g/mol. The van der Waals surface area contributed by atoms with Crippen LogP contribution in [-0.4, -0.2) is 52.9 Å². The van der Waals surface area contributed by atoms with Crippen LogP contribution in [0.5, 0.6) is 11.5 Å². The number of aliphatic imine (C=N–C) groups is 1. The largest absolute Gasteiger partial charge is 0.454 e. The van der Waals surface area contributed by atoms with Gasteiger partial charge in [0.1, 0.15) is 5.25 Å².